The van der Waals surface area contributed by atoms with Crippen molar-refractivity contribution in [2.75, 3.05) is 6.61 Å². The fourth-order valence-electron chi connectivity index (χ4n) is 1.54. The van der Waals surface area contributed by atoms with Gasteiger partial charge < -0.3 is 9.84 Å². The van der Waals surface area contributed by atoms with Gasteiger partial charge in [0, 0.05) is 6.42 Å². The highest BCUT2D eigenvalue weighted by Gasteiger charge is 2.05. The Labute approximate surface area is 102 Å². The van der Waals surface area contributed by atoms with Gasteiger partial charge in [0.25, 0.3) is 0 Å². The van der Waals surface area contributed by atoms with Gasteiger partial charge in [-0.15, -0.1) is 0 Å². The molecule has 0 aliphatic carbocycles. The lowest BCUT2D eigenvalue weighted by molar-refractivity contribution is -0.137. The lowest BCUT2D eigenvalue weighted by Crippen LogP contribution is -2.03. The summed E-state index contributed by atoms with van der Waals surface area (Å²) >= 11 is 0. The van der Waals surface area contributed by atoms with Gasteiger partial charge in [0.2, 0.25) is 0 Å². The second-order valence-corrected chi connectivity index (χ2v) is 4.53. The van der Waals surface area contributed by atoms with Crippen LogP contribution in [-0.4, -0.2) is 17.7 Å². The summed E-state index contributed by atoms with van der Waals surface area (Å²) in [5.74, 6) is 0.555. The quantitative estimate of drug-likeness (QED) is 0.770. The summed E-state index contributed by atoms with van der Waals surface area (Å²) < 4.78 is 5.61. The molecule has 0 heterocycles. The molecule has 1 aromatic carbocycles. The van der Waals surface area contributed by atoms with Crippen molar-refractivity contribution in [3.63, 3.8) is 0 Å². The highest BCUT2D eigenvalue weighted by atomic mass is 16.5. The molecule has 1 aromatic rings. The second-order valence-electron chi connectivity index (χ2n) is 4.53. The molecule has 0 radical (unpaired) electrons. The molecule has 0 unspecified atom stereocenters. The fraction of sp³-hybridized carbons (Fsp3) is 0.500. The lowest BCUT2D eigenvalue weighted by atomic mass is 10.0. The SMILES string of the molecule is Cc1ccc(C(C)C)cc1OCCCC(=O)O. The van der Waals surface area contributed by atoms with Crippen LogP contribution in [0.2, 0.25) is 0 Å². The topological polar surface area (TPSA) is 46.5 Å². The molecule has 3 nitrogen and oxygen atoms in total. The maximum atomic E-state index is 10.4. The molecule has 0 atom stereocenters. The third kappa shape index (κ3) is 4.47. The molecule has 94 valence electrons. The van der Waals surface area contributed by atoms with Crippen molar-refractivity contribution in [3.05, 3.63) is 29.3 Å². The third-order valence-electron chi connectivity index (χ3n) is 2.67. The van der Waals surface area contributed by atoms with Crippen molar-refractivity contribution in [1.82, 2.24) is 0 Å². The number of carbonyl (C=O) groups is 1. The van der Waals surface area contributed by atoms with Gasteiger partial charge in [-0.2, -0.15) is 0 Å². The van der Waals surface area contributed by atoms with Crippen LogP contribution >= 0.6 is 0 Å². The summed E-state index contributed by atoms with van der Waals surface area (Å²) in [6, 6.07) is 6.19. The molecule has 0 aliphatic rings. The minimum atomic E-state index is -0.777. The fourth-order valence-corrected chi connectivity index (χ4v) is 1.54. The van der Waals surface area contributed by atoms with Crippen LogP contribution in [0.4, 0.5) is 0 Å². The van der Waals surface area contributed by atoms with Gasteiger partial charge in [-0.25, -0.2) is 0 Å². The second kappa shape index (κ2) is 6.28. The first-order valence-electron chi connectivity index (χ1n) is 5.96. The standard InChI is InChI=1S/C14H20O3/c1-10(2)12-7-6-11(3)13(9-12)17-8-4-5-14(15)16/h6-7,9-10H,4-5,8H2,1-3H3,(H,15,16). The number of aryl methyl sites for hydroxylation is 1. The molecular weight excluding hydrogens is 216 g/mol. The molecule has 3 heteroatoms. The van der Waals surface area contributed by atoms with Gasteiger partial charge in [-0.05, 0) is 36.5 Å². The van der Waals surface area contributed by atoms with Crippen molar-refractivity contribution in [3.8, 4) is 5.75 Å². The van der Waals surface area contributed by atoms with Crippen LogP contribution in [0.1, 0.15) is 43.7 Å². The van der Waals surface area contributed by atoms with Crippen LogP contribution in [0, 0.1) is 6.92 Å². The van der Waals surface area contributed by atoms with E-state index in [2.05, 4.69) is 19.9 Å². The van der Waals surface area contributed by atoms with E-state index in [1.807, 2.05) is 19.1 Å². The van der Waals surface area contributed by atoms with Crippen molar-refractivity contribution in [2.45, 2.75) is 39.5 Å². The highest BCUT2D eigenvalue weighted by Crippen LogP contribution is 2.24. The lowest BCUT2D eigenvalue weighted by Gasteiger charge is -2.12. The van der Waals surface area contributed by atoms with E-state index in [1.54, 1.807) is 0 Å². The molecule has 0 spiro atoms. The molecule has 0 saturated carbocycles. The summed E-state index contributed by atoms with van der Waals surface area (Å²) in [6.07, 6.45) is 0.698. The van der Waals surface area contributed by atoms with Gasteiger partial charge in [-0.3, -0.25) is 4.79 Å². The molecule has 0 aromatic heterocycles. The molecule has 1 N–H and O–H groups in total. The Morgan fingerprint density at radius 2 is 2.12 bits per heavy atom. The summed E-state index contributed by atoms with van der Waals surface area (Å²) in [6.45, 7) is 6.73. The van der Waals surface area contributed by atoms with Crippen LogP contribution in [0.25, 0.3) is 0 Å². The summed E-state index contributed by atoms with van der Waals surface area (Å²) in [7, 11) is 0. The molecule has 0 bridgehead atoms. The Kier molecular flexibility index (Phi) is 5.01. The van der Waals surface area contributed by atoms with Crippen LogP contribution in [0.3, 0.4) is 0 Å². The number of hydrogen-bond donors (Lipinski definition) is 1. The Morgan fingerprint density at radius 1 is 1.41 bits per heavy atom. The smallest absolute Gasteiger partial charge is 0.303 e. The zero-order chi connectivity index (χ0) is 12.8. The molecular formula is C14H20O3. The minimum absolute atomic E-state index is 0.156. The first kappa shape index (κ1) is 13.6. The number of hydrogen-bond acceptors (Lipinski definition) is 2. The molecule has 0 fully saturated rings. The first-order chi connectivity index (χ1) is 8.00. The molecule has 17 heavy (non-hydrogen) atoms. The Balaban J connectivity index is 2.57. The van der Waals surface area contributed by atoms with E-state index in [1.165, 1.54) is 5.56 Å². The number of carboxylic acids is 1. The predicted molar refractivity (Wildman–Crippen MR) is 67.6 cm³/mol. The molecule has 0 saturated heterocycles. The van der Waals surface area contributed by atoms with E-state index in [0.29, 0.717) is 18.9 Å². The minimum Gasteiger partial charge on any atom is -0.493 e. The van der Waals surface area contributed by atoms with Crippen molar-refractivity contribution >= 4 is 5.97 Å². The Bertz CT molecular complexity index is 383. The number of rotatable bonds is 6. The third-order valence-corrected chi connectivity index (χ3v) is 2.67. The van der Waals surface area contributed by atoms with Crippen LogP contribution < -0.4 is 4.74 Å². The van der Waals surface area contributed by atoms with Gasteiger partial charge >= 0.3 is 5.97 Å². The van der Waals surface area contributed by atoms with Gasteiger partial charge in [0.05, 0.1) is 6.61 Å². The largest absolute Gasteiger partial charge is 0.493 e. The van der Waals surface area contributed by atoms with E-state index in [0.717, 1.165) is 11.3 Å². The summed E-state index contributed by atoms with van der Waals surface area (Å²) in [5.41, 5.74) is 2.33. The predicted octanol–water partition coefficient (Wildman–Crippen LogP) is 3.36. The monoisotopic (exact) mass is 236 g/mol. The number of benzene rings is 1. The van der Waals surface area contributed by atoms with E-state index >= 15 is 0 Å². The zero-order valence-corrected chi connectivity index (χ0v) is 10.7. The van der Waals surface area contributed by atoms with E-state index in [4.69, 9.17) is 9.84 Å². The average Bonchev–Trinajstić information content (AvgIpc) is 2.25. The Hall–Kier alpha value is -1.51. The maximum absolute atomic E-state index is 10.4. The number of carboxylic acid groups (broad SMARTS) is 1. The molecule has 0 amide bonds. The van der Waals surface area contributed by atoms with E-state index in [9.17, 15) is 4.79 Å². The van der Waals surface area contributed by atoms with Crippen molar-refractivity contribution in [2.24, 2.45) is 0 Å². The van der Waals surface area contributed by atoms with E-state index < -0.39 is 5.97 Å². The van der Waals surface area contributed by atoms with Gasteiger partial charge in [0.1, 0.15) is 5.75 Å². The molecule has 0 aliphatic heterocycles. The maximum Gasteiger partial charge on any atom is 0.303 e. The van der Waals surface area contributed by atoms with Crippen molar-refractivity contribution < 1.29 is 14.6 Å². The van der Waals surface area contributed by atoms with Gasteiger partial charge in [0.15, 0.2) is 0 Å². The van der Waals surface area contributed by atoms with Crippen LogP contribution in [0.5, 0.6) is 5.75 Å². The average molecular weight is 236 g/mol. The van der Waals surface area contributed by atoms with Crippen molar-refractivity contribution in [1.29, 1.82) is 0 Å². The van der Waals surface area contributed by atoms with E-state index in [-0.39, 0.29) is 6.42 Å². The van der Waals surface area contributed by atoms with Crippen LogP contribution in [-0.2, 0) is 4.79 Å². The summed E-state index contributed by atoms with van der Waals surface area (Å²) in [4.78, 5) is 10.4. The number of ether oxygens (including phenoxy) is 1. The first-order valence-corrected chi connectivity index (χ1v) is 5.96. The molecule has 1 rings (SSSR count). The normalized spacial score (nSPS) is 10.6. The summed E-state index contributed by atoms with van der Waals surface area (Å²) in [5, 5.41) is 8.53. The van der Waals surface area contributed by atoms with Crippen LogP contribution in [0.15, 0.2) is 18.2 Å². The highest BCUT2D eigenvalue weighted by molar-refractivity contribution is 5.66. The van der Waals surface area contributed by atoms with Gasteiger partial charge in [-0.1, -0.05) is 26.0 Å². The zero-order valence-electron chi connectivity index (χ0n) is 10.7. The number of aliphatic carboxylic acids is 1. The Morgan fingerprint density at radius 3 is 2.71 bits per heavy atom.